The van der Waals surface area contributed by atoms with Crippen LogP contribution in [0.25, 0.3) is 0 Å². The van der Waals surface area contributed by atoms with E-state index in [-0.39, 0.29) is 11.8 Å². The van der Waals surface area contributed by atoms with E-state index in [1.165, 1.54) is 0 Å². The third kappa shape index (κ3) is 5.43. The van der Waals surface area contributed by atoms with Gasteiger partial charge in [-0.3, -0.25) is 14.6 Å². The normalized spacial score (nSPS) is 10.5. The van der Waals surface area contributed by atoms with Gasteiger partial charge in [0, 0.05) is 40.5 Å². The fourth-order valence-electron chi connectivity index (χ4n) is 2.91. The van der Waals surface area contributed by atoms with E-state index in [0.717, 1.165) is 15.6 Å². The summed E-state index contributed by atoms with van der Waals surface area (Å²) in [7, 11) is 1.71. The van der Waals surface area contributed by atoms with Crippen LogP contribution in [0.5, 0.6) is 0 Å². The first-order chi connectivity index (χ1) is 13.8. The summed E-state index contributed by atoms with van der Waals surface area (Å²) >= 11 is 9.54. The molecular weight excluding hydrogens is 454 g/mol. The van der Waals surface area contributed by atoms with Crippen molar-refractivity contribution in [3.05, 3.63) is 92.7 Å². The lowest BCUT2D eigenvalue weighted by Gasteiger charge is -2.20. The van der Waals surface area contributed by atoms with Crippen LogP contribution in [0.1, 0.15) is 32.0 Å². The van der Waals surface area contributed by atoms with E-state index in [4.69, 9.17) is 11.6 Å². The smallest absolute Gasteiger partial charge is 0.274 e. The number of pyridine rings is 1. The maximum Gasteiger partial charge on any atom is 0.274 e. The largest absolute Gasteiger partial charge is 0.337 e. The van der Waals surface area contributed by atoms with Gasteiger partial charge in [-0.05, 0) is 66.6 Å². The number of carbonyl (C=O) groups is 2. The quantitative estimate of drug-likeness (QED) is 0.546. The van der Waals surface area contributed by atoms with Crippen LogP contribution in [-0.2, 0) is 6.54 Å². The van der Waals surface area contributed by atoms with Gasteiger partial charge >= 0.3 is 0 Å². The van der Waals surface area contributed by atoms with Gasteiger partial charge in [0.25, 0.3) is 11.8 Å². The molecule has 0 unspecified atom stereocenters. The number of nitrogens with zero attached hydrogens (tertiary/aromatic N) is 2. The highest BCUT2D eigenvalue weighted by molar-refractivity contribution is 9.10. The van der Waals surface area contributed by atoms with Gasteiger partial charge < -0.3 is 10.2 Å². The summed E-state index contributed by atoms with van der Waals surface area (Å²) in [6.45, 7) is 2.20. The number of rotatable bonds is 5. The number of aromatic nitrogens is 1. The van der Waals surface area contributed by atoms with Crippen molar-refractivity contribution < 1.29 is 9.59 Å². The van der Waals surface area contributed by atoms with Crippen LogP contribution in [0.3, 0.4) is 0 Å². The molecular formula is C22H19BrClN3O2. The van der Waals surface area contributed by atoms with Gasteiger partial charge in [-0.1, -0.05) is 33.6 Å². The molecule has 0 atom stereocenters. The number of nitrogens with one attached hydrogen (secondary N) is 1. The van der Waals surface area contributed by atoms with Crippen molar-refractivity contribution in [1.29, 1.82) is 0 Å². The highest BCUT2D eigenvalue weighted by Gasteiger charge is 2.16. The van der Waals surface area contributed by atoms with E-state index in [2.05, 4.69) is 26.2 Å². The van der Waals surface area contributed by atoms with Crippen molar-refractivity contribution in [1.82, 2.24) is 9.88 Å². The van der Waals surface area contributed by atoms with Gasteiger partial charge in [-0.15, -0.1) is 0 Å². The molecule has 3 rings (SSSR count). The van der Waals surface area contributed by atoms with Crippen LogP contribution < -0.4 is 5.32 Å². The third-order valence-corrected chi connectivity index (χ3v) is 4.97. The van der Waals surface area contributed by atoms with Gasteiger partial charge in [0.05, 0.1) is 0 Å². The van der Waals surface area contributed by atoms with Crippen LogP contribution in [-0.4, -0.2) is 28.7 Å². The van der Waals surface area contributed by atoms with Crippen molar-refractivity contribution >= 4 is 45.0 Å². The van der Waals surface area contributed by atoms with Gasteiger partial charge in [0.1, 0.15) is 5.69 Å². The molecule has 148 valence electrons. The molecule has 1 N–H and O–H groups in total. The Kier molecular flexibility index (Phi) is 6.67. The minimum Gasteiger partial charge on any atom is -0.337 e. The lowest BCUT2D eigenvalue weighted by molar-refractivity contribution is 0.0785. The fraction of sp³-hybridized carbons (Fsp3) is 0.136. The number of benzene rings is 2. The van der Waals surface area contributed by atoms with Crippen LogP contribution in [0.15, 0.2) is 65.3 Å². The summed E-state index contributed by atoms with van der Waals surface area (Å²) in [6.07, 6.45) is 1.57. The molecule has 2 aromatic carbocycles. The minimum absolute atomic E-state index is 0.155. The molecule has 5 nitrogen and oxygen atoms in total. The van der Waals surface area contributed by atoms with Crippen molar-refractivity contribution in [2.75, 3.05) is 12.4 Å². The highest BCUT2D eigenvalue weighted by Crippen LogP contribution is 2.24. The number of hydrogen-bond acceptors (Lipinski definition) is 3. The molecule has 0 saturated carbocycles. The number of anilines is 1. The molecule has 0 radical (unpaired) electrons. The first-order valence-electron chi connectivity index (χ1n) is 8.87. The molecule has 29 heavy (non-hydrogen) atoms. The molecule has 3 aromatic rings. The van der Waals surface area contributed by atoms with Crippen molar-refractivity contribution in [3.63, 3.8) is 0 Å². The van der Waals surface area contributed by atoms with Crippen LogP contribution >= 0.6 is 27.5 Å². The summed E-state index contributed by atoms with van der Waals surface area (Å²) in [5, 5.41) is 3.40. The molecule has 7 heteroatoms. The molecule has 1 heterocycles. The highest BCUT2D eigenvalue weighted by atomic mass is 79.9. The summed E-state index contributed by atoms with van der Waals surface area (Å²) in [5.74, 6) is -0.466. The zero-order valence-corrected chi connectivity index (χ0v) is 18.3. The average Bonchev–Trinajstić information content (AvgIpc) is 2.69. The van der Waals surface area contributed by atoms with E-state index >= 15 is 0 Å². The minimum atomic E-state index is -0.311. The first kappa shape index (κ1) is 21.0. The Bertz CT molecular complexity index is 1040. The number of aryl methyl sites for hydroxylation is 1. The summed E-state index contributed by atoms with van der Waals surface area (Å²) in [4.78, 5) is 31.0. The second-order valence-electron chi connectivity index (χ2n) is 6.65. The molecule has 0 aliphatic carbocycles. The van der Waals surface area contributed by atoms with Crippen molar-refractivity contribution in [2.24, 2.45) is 0 Å². The standard InChI is InChI=1S/C22H19BrClN3O2/c1-14-9-15(12-18(24)10-14)22(29)27(2)13-16-11-17(23)6-7-19(16)26-21(28)20-5-3-4-8-25-20/h3-12H,13H2,1-2H3,(H,26,28). The summed E-state index contributed by atoms with van der Waals surface area (Å²) in [5.41, 5.74) is 3.16. The van der Waals surface area contributed by atoms with E-state index in [1.807, 2.05) is 19.1 Å². The van der Waals surface area contributed by atoms with E-state index < -0.39 is 0 Å². The van der Waals surface area contributed by atoms with Gasteiger partial charge in [-0.2, -0.15) is 0 Å². The predicted octanol–water partition coefficient (Wildman–Crippen LogP) is 5.33. The Balaban J connectivity index is 1.82. The first-order valence-corrected chi connectivity index (χ1v) is 10.0. The van der Waals surface area contributed by atoms with Gasteiger partial charge in [0.15, 0.2) is 0 Å². The molecule has 0 spiro atoms. The average molecular weight is 473 g/mol. The SMILES string of the molecule is Cc1cc(Cl)cc(C(=O)N(C)Cc2cc(Br)ccc2NC(=O)c2ccccn2)c1. The van der Waals surface area contributed by atoms with Crippen LogP contribution in [0.2, 0.25) is 5.02 Å². The van der Waals surface area contributed by atoms with E-state index in [0.29, 0.717) is 28.5 Å². The number of hydrogen-bond donors (Lipinski definition) is 1. The molecule has 0 fully saturated rings. The lowest BCUT2D eigenvalue weighted by atomic mass is 10.1. The third-order valence-electron chi connectivity index (χ3n) is 4.26. The zero-order valence-electron chi connectivity index (χ0n) is 15.9. The van der Waals surface area contributed by atoms with E-state index in [1.54, 1.807) is 60.6 Å². The summed E-state index contributed by atoms with van der Waals surface area (Å²) in [6, 6.07) is 15.9. The Morgan fingerprint density at radius 2 is 1.93 bits per heavy atom. The molecule has 0 saturated heterocycles. The van der Waals surface area contributed by atoms with Crippen molar-refractivity contribution in [3.8, 4) is 0 Å². The Morgan fingerprint density at radius 1 is 1.14 bits per heavy atom. The molecule has 0 bridgehead atoms. The molecule has 1 aromatic heterocycles. The van der Waals surface area contributed by atoms with Crippen LogP contribution in [0, 0.1) is 6.92 Å². The van der Waals surface area contributed by atoms with Gasteiger partial charge in [0.2, 0.25) is 0 Å². The summed E-state index contributed by atoms with van der Waals surface area (Å²) < 4.78 is 0.850. The predicted molar refractivity (Wildman–Crippen MR) is 118 cm³/mol. The zero-order chi connectivity index (χ0) is 21.0. The van der Waals surface area contributed by atoms with Crippen LogP contribution in [0.4, 0.5) is 5.69 Å². The molecule has 0 aliphatic rings. The second-order valence-corrected chi connectivity index (χ2v) is 8.00. The fourth-order valence-corrected chi connectivity index (χ4v) is 3.60. The van der Waals surface area contributed by atoms with Gasteiger partial charge in [-0.25, -0.2) is 0 Å². The topological polar surface area (TPSA) is 62.3 Å². The number of carbonyl (C=O) groups excluding carboxylic acids is 2. The number of amides is 2. The maximum absolute atomic E-state index is 12.9. The van der Waals surface area contributed by atoms with Crippen molar-refractivity contribution in [2.45, 2.75) is 13.5 Å². The van der Waals surface area contributed by atoms with E-state index in [9.17, 15) is 9.59 Å². The Hall–Kier alpha value is -2.70. The lowest BCUT2D eigenvalue weighted by Crippen LogP contribution is -2.27. The number of halogens is 2. The Labute approximate surface area is 182 Å². The maximum atomic E-state index is 12.9. The molecule has 0 aliphatic heterocycles. The Morgan fingerprint density at radius 3 is 2.62 bits per heavy atom. The second kappa shape index (κ2) is 9.20. The molecule has 2 amide bonds. The monoisotopic (exact) mass is 471 g/mol.